The molecule has 0 saturated carbocycles. The Labute approximate surface area is 187 Å². The van der Waals surface area contributed by atoms with Gasteiger partial charge in [-0.3, -0.25) is 4.79 Å². The molecule has 0 saturated heterocycles. The van der Waals surface area contributed by atoms with Gasteiger partial charge in [0.1, 0.15) is 0 Å². The lowest BCUT2D eigenvalue weighted by Gasteiger charge is -2.09. The highest BCUT2D eigenvalue weighted by atomic mass is 79.9. The number of hydrogen-bond acceptors (Lipinski definition) is 4. The van der Waals surface area contributed by atoms with Crippen LogP contribution in [0.1, 0.15) is 15.9 Å². The number of primary amides is 1. The number of rotatable bonds is 6. The minimum absolute atomic E-state index is 0.360. The molecule has 0 spiro atoms. The smallest absolute Gasteiger partial charge is 0.248 e. The van der Waals surface area contributed by atoms with Gasteiger partial charge in [-0.2, -0.15) is 0 Å². The Morgan fingerprint density at radius 2 is 1.90 bits per heavy atom. The van der Waals surface area contributed by atoms with Crippen molar-refractivity contribution < 1.29 is 4.79 Å². The molecule has 1 heterocycles. The van der Waals surface area contributed by atoms with Crippen LogP contribution in [0.25, 0.3) is 11.0 Å². The molecular weight excluding hydrogens is 466 g/mol. The lowest BCUT2D eigenvalue weighted by molar-refractivity contribution is 0.100. The van der Waals surface area contributed by atoms with E-state index in [-0.39, 0.29) is 0 Å². The zero-order chi connectivity index (χ0) is 21.3. The van der Waals surface area contributed by atoms with E-state index in [0.717, 1.165) is 26.8 Å². The summed E-state index contributed by atoms with van der Waals surface area (Å²) in [4.78, 5) is 16.0. The summed E-state index contributed by atoms with van der Waals surface area (Å²) in [5.74, 6) is 0.132. The maximum atomic E-state index is 11.3. The fourth-order valence-electron chi connectivity index (χ4n) is 3.13. The van der Waals surface area contributed by atoms with Gasteiger partial charge >= 0.3 is 0 Å². The number of nitrogens with zero attached hydrogens (tertiary/aromatic N) is 2. The number of aromatic nitrogens is 2. The molecule has 0 aliphatic heterocycles. The number of fused-ring (bicyclic) bond motifs is 1. The van der Waals surface area contributed by atoms with Gasteiger partial charge in [-0.15, -0.1) is 0 Å². The van der Waals surface area contributed by atoms with Gasteiger partial charge in [0.2, 0.25) is 11.9 Å². The number of amides is 1. The normalized spacial score (nSPS) is 10.9. The highest BCUT2D eigenvalue weighted by molar-refractivity contribution is 9.10. The van der Waals surface area contributed by atoms with Crippen molar-refractivity contribution in [3.63, 3.8) is 0 Å². The molecule has 4 N–H and O–H groups in total. The summed E-state index contributed by atoms with van der Waals surface area (Å²) >= 11 is 9.73. The third-order valence-electron chi connectivity index (χ3n) is 4.79. The molecule has 1 aromatic heterocycles. The molecule has 0 aliphatic carbocycles. The monoisotopic (exact) mass is 483 g/mol. The van der Waals surface area contributed by atoms with Gasteiger partial charge in [-0.25, -0.2) is 4.98 Å². The highest BCUT2D eigenvalue weighted by Crippen LogP contribution is 2.28. The van der Waals surface area contributed by atoms with E-state index in [0.29, 0.717) is 28.8 Å². The summed E-state index contributed by atoms with van der Waals surface area (Å²) in [5.41, 5.74) is 10.4. The van der Waals surface area contributed by atoms with E-state index < -0.39 is 5.91 Å². The third kappa shape index (κ3) is 4.27. The molecule has 0 aliphatic rings. The number of anilines is 3. The number of nitrogens with two attached hydrogens (primary N) is 1. The van der Waals surface area contributed by atoms with Crippen LogP contribution in [0.4, 0.5) is 17.3 Å². The lowest BCUT2D eigenvalue weighted by Crippen LogP contribution is -2.11. The first-order chi connectivity index (χ1) is 14.4. The standard InChI is InChI=1S/C22H19BrClN5O/c1-29-20-9-2-13(12-26-16-6-4-15(23)5-7-16)10-19(20)28-22(29)27-18-8-3-14(21(25)30)11-17(18)24/h2-11,26H,12H2,1H3,(H2,25,30)(H,27,28). The molecule has 1 amide bonds. The molecule has 8 heteroatoms. The van der Waals surface area contributed by atoms with Crippen LogP contribution in [-0.4, -0.2) is 15.5 Å². The Hall–Kier alpha value is -3.03. The fraction of sp³-hybridized carbons (Fsp3) is 0.0909. The molecule has 30 heavy (non-hydrogen) atoms. The van der Waals surface area contributed by atoms with Crippen LogP contribution < -0.4 is 16.4 Å². The summed E-state index contributed by atoms with van der Waals surface area (Å²) in [5, 5.41) is 7.04. The number of halogens is 2. The number of hydrogen-bond donors (Lipinski definition) is 3. The molecule has 0 radical (unpaired) electrons. The Morgan fingerprint density at radius 1 is 1.13 bits per heavy atom. The average Bonchev–Trinajstić information content (AvgIpc) is 3.03. The van der Waals surface area contributed by atoms with Crippen LogP contribution in [-0.2, 0) is 13.6 Å². The van der Waals surface area contributed by atoms with Crippen LogP contribution in [0.15, 0.2) is 65.1 Å². The Kier molecular flexibility index (Phi) is 5.65. The maximum absolute atomic E-state index is 11.3. The van der Waals surface area contributed by atoms with Crippen molar-refractivity contribution >= 4 is 61.8 Å². The van der Waals surface area contributed by atoms with Gasteiger partial charge in [0, 0.05) is 29.3 Å². The van der Waals surface area contributed by atoms with E-state index in [1.54, 1.807) is 18.2 Å². The fourth-order valence-corrected chi connectivity index (χ4v) is 3.62. The van der Waals surface area contributed by atoms with Crippen molar-refractivity contribution in [3.8, 4) is 0 Å². The van der Waals surface area contributed by atoms with Crippen molar-refractivity contribution in [1.82, 2.24) is 9.55 Å². The van der Waals surface area contributed by atoms with E-state index in [4.69, 9.17) is 22.3 Å². The molecule has 0 bridgehead atoms. The number of benzene rings is 3. The van der Waals surface area contributed by atoms with E-state index in [9.17, 15) is 4.79 Å². The first kappa shape index (κ1) is 20.3. The van der Waals surface area contributed by atoms with Gasteiger partial charge in [0.25, 0.3) is 0 Å². The van der Waals surface area contributed by atoms with Gasteiger partial charge in [-0.05, 0) is 60.2 Å². The molecule has 4 rings (SSSR count). The van der Waals surface area contributed by atoms with Crippen molar-refractivity contribution in [3.05, 3.63) is 81.3 Å². The second-order valence-corrected chi connectivity index (χ2v) is 8.18. The molecule has 6 nitrogen and oxygen atoms in total. The third-order valence-corrected chi connectivity index (χ3v) is 5.63. The SMILES string of the molecule is Cn1c(Nc2ccc(C(N)=O)cc2Cl)nc2cc(CNc3ccc(Br)cc3)ccc21. The predicted molar refractivity (Wildman–Crippen MR) is 125 cm³/mol. The lowest BCUT2D eigenvalue weighted by atomic mass is 10.2. The van der Waals surface area contributed by atoms with E-state index >= 15 is 0 Å². The number of nitrogens with one attached hydrogen (secondary N) is 2. The highest BCUT2D eigenvalue weighted by Gasteiger charge is 2.11. The Balaban J connectivity index is 1.55. The summed E-state index contributed by atoms with van der Waals surface area (Å²) in [6, 6.07) is 19.1. The van der Waals surface area contributed by atoms with Crippen molar-refractivity contribution in [2.75, 3.05) is 10.6 Å². The largest absolute Gasteiger partial charge is 0.381 e. The molecule has 0 atom stereocenters. The first-order valence-corrected chi connectivity index (χ1v) is 10.4. The van der Waals surface area contributed by atoms with Crippen molar-refractivity contribution in [2.24, 2.45) is 12.8 Å². The van der Waals surface area contributed by atoms with Crippen LogP contribution in [0, 0.1) is 0 Å². The summed E-state index contributed by atoms with van der Waals surface area (Å²) in [6.07, 6.45) is 0. The second kappa shape index (κ2) is 8.38. The van der Waals surface area contributed by atoms with Crippen molar-refractivity contribution in [2.45, 2.75) is 6.54 Å². The number of carbonyl (C=O) groups is 1. The van der Waals surface area contributed by atoms with Gasteiger partial charge in [-0.1, -0.05) is 33.6 Å². The van der Waals surface area contributed by atoms with Gasteiger partial charge in [0.05, 0.1) is 21.7 Å². The van der Waals surface area contributed by atoms with Gasteiger partial charge < -0.3 is 20.9 Å². The Bertz CT molecular complexity index is 1240. The average molecular weight is 485 g/mol. The predicted octanol–water partition coefficient (Wildman–Crippen LogP) is 5.44. The minimum Gasteiger partial charge on any atom is -0.381 e. The molecule has 152 valence electrons. The van der Waals surface area contributed by atoms with E-state index in [1.165, 1.54) is 0 Å². The van der Waals surface area contributed by atoms with E-state index in [2.05, 4.69) is 38.7 Å². The van der Waals surface area contributed by atoms with Crippen LogP contribution in [0.5, 0.6) is 0 Å². The molecule has 4 aromatic rings. The first-order valence-electron chi connectivity index (χ1n) is 9.22. The Morgan fingerprint density at radius 3 is 2.60 bits per heavy atom. The number of imidazole rings is 1. The van der Waals surface area contributed by atoms with Crippen LogP contribution >= 0.6 is 27.5 Å². The van der Waals surface area contributed by atoms with E-state index in [1.807, 2.05) is 41.9 Å². The minimum atomic E-state index is -0.518. The quantitative estimate of drug-likeness (QED) is 0.340. The van der Waals surface area contributed by atoms with Crippen LogP contribution in [0.3, 0.4) is 0 Å². The van der Waals surface area contributed by atoms with Crippen LogP contribution in [0.2, 0.25) is 5.02 Å². The summed E-state index contributed by atoms with van der Waals surface area (Å²) in [6.45, 7) is 0.692. The van der Waals surface area contributed by atoms with Crippen molar-refractivity contribution in [1.29, 1.82) is 0 Å². The zero-order valence-electron chi connectivity index (χ0n) is 16.1. The number of carbonyl (C=O) groups excluding carboxylic acids is 1. The maximum Gasteiger partial charge on any atom is 0.248 e. The topological polar surface area (TPSA) is 85.0 Å². The molecule has 0 unspecified atom stereocenters. The molecule has 0 fully saturated rings. The second-order valence-electron chi connectivity index (χ2n) is 6.86. The molecule has 3 aromatic carbocycles. The molecular formula is C22H19BrClN5O. The number of aryl methyl sites for hydroxylation is 1. The zero-order valence-corrected chi connectivity index (χ0v) is 18.5. The summed E-state index contributed by atoms with van der Waals surface area (Å²) in [7, 11) is 1.93. The summed E-state index contributed by atoms with van der Waals surface area (Å²) < 4.78 is 3.01. The van der Waals surface area contributed by atoms with Gasteiger partial charge in [0.15, 0.2) is 0 Å².